The molecule has 0 saturated carbocycles. The average molecular weight is 327 g/mol. The molecule has 1 N–H and O–H groups in total. The van der Waals surface area contributed by atoms with E-state index in [4.69, 9.17) is 14.2 Å². The first-order chi connectivity index (χ1) is 11.6. The molecule has 0 fully saturated rings. The molecule has 1 aliphatic heterocycles. The van der Waals surface area contributed by atoms with Gasteiger partial charge in [-0.25, -0.2) is 0 Å². The molecule has 0 aromatic heterocycles. The Bertz CT molecular complexity index is 707. The van der Waals surface area contributed by atoms with E-state index < -0.39 is 0 Å². The van der Waals surface area contributed by atoms with E-state index >= 15 is 0 Å². The Morgan fingerprint density at radius 3 is 2.29 bits per heavy atom. The maximum absolute atomic E-state index is 6.06. The highest BCUT2D eigenvalue weighted by Crippen LogP contribution is 2.35. The van der Waals surface area contributed by atoms with Crippen LogP contribution in [0.4, 0.5) is 0 Å². The zero-order valence-electron chi connectivity index (χ0n) is 14.8. The summed E-state index contributed by atoms with van der Waals surface area (Å²) in [7, 11) is 3.34. The van der Waals surface area contributed by atoms with Crippen molar-refractivity contribution in [2.45, 2.75) is 26.3 Å². The Kier molecular flexibility index (Phi) is 4.95. The predicted molar refractivity (Wildman–Crippen MR) is 95.4 cm³/mol. The lowest BCUT2D eigenvalue weighted by Gasteiger charge is -2.28. The van der Waals surface area contributed by atoms with Crippen molar-refractivity contribution in [3.8, 4) is 17.2 Å². The van der Waals surface area contributed by atoms with Crippen LogP contribution in [0, 0.1) is 13.8 Å². The number of benzene rings is 2. The highest BCUT2D eigenvalue weighted by Gasteiger charge is 2.23. The third-order valence-corrected chi connectivity index (χ3v) is 4.42. The summed E-state index contributed by atoms with van der Waals surface area (Å²) in [5, 5.41) is 3.54. The zero-order chi connectivity index (χ0) is 17.1. The van der Waals surface area contributed by atoms with Crippen LogP contribution in [0.3, 0.4) is 0 Å². The molecule has 0 aliphatic carbocycles. The number of fused-ring (bicyclic) bond motifs is 1. The van der Waals surface area contributed by atoms with Crippen molar-refractivity contribution in [2.24, 2.45) is 0 Å². The van der Waals surface area contributed by atoms with Gasteiger partial charge < -0.3 is 19.5 Å². The van der Waals surface area contributed by atoms with Gasteiger partial charge in [0.15, 0.2) is 11.5 Å². The second-order valence-electron chi connectivity index (χ2n) is 6.30. The van der Waals surface area contributed by atoms with Gasteiger partial charge in [-0.2, -0.15) is 0 Å². The maximum Gasteiger partial charge on any atom is 0.161 e. The van der Waals surface area contributed by atoms with E-state index in [0.717, 1.165) is 30.2 Å². The molecule has 2 aromatic carbocycles. The largest absolute Gasteiger partial charge is 0.493 e. The third kappa shape index (κ3) is 3.49. The summed E-state index contributed by atoms with van der Waals surface area (Å²) in [5.74, 6) is 2.46. The van der Waals surface area contributed by atoms with Crippen LogP contribution in [0.15, 0.2) is 30.3 Å². The Balaban J connectivity index is 1.81. The summed E-state index contributed by atoms with van der Waals surface area (Å²) in [6.45, 7) is 5.70. The van der Waals surface area contributed by atoms with Gasteiger partial charge in [0, 0.05) is 0 Å². The van der Waals surface area contributed by atoms with Crippen LogP contribution in [0.1, 0.15) is 28.3 Å². The number of nitrogens with one attached hydrogen (secondary N) is 1. The van der Waals surface area contributed by atoms with Gasteiger partial charge in [-0.05, 0) is 73.3 Å². The van der Waals surface area contributed by atoms with Crippen molar-refractivity contribution < 1.29 is 14.2 Å². The van der Waals surface area contributed by atoms with Gasteiger partial charge in [0.2, 0.25) is 0 Å². The number of hydrogen-bond donors (Lipinski definition) is 1. The summed E-state index contributed by atoms with van der Waals surface area (Å²) in [6.07, 6.45) is 0.982. The molecule has 4 heteroatoms. The average Bonchev–Trinajstić information content (AvgIpc) is 2.57. The van der Waals surface area contributed by atoms with E-state index in [0.29, 0.717) is 6.61 Å². The lowest BCUT2D eigenvalue weighted by Crippen LogP contribution is -2.33. The van der Waals surface area contributed by atoms with Crippen molar-refractivity contribution in [3.63, 3.8) is 0 Å². The molecule has 1 aliphatic rings. The van der Waals surface area contributed by atoms with Crippen molar-refractivity contribution in [1.82, 2.24) is 5.32 Å². The van der Waals surface area contributed by atoms with E-state index in [1.165, 1.54) is 22.3 Å². The molecule has 3 rings (SSSR count). The third-order valence-electron chi connectivity index (χ3n) is 4.42. The van der Waals surface area contributed by atoms with Gasteiger partial charge in [-0.1, -0.05) is 6.07 Å². The minimum absolute atomic E-state index is 0.148. The fourth-order valence-electron chi connectivity index (χ4n) is 3.31. The Morgan fingerprint density at radius 1 is 0.958 bits per heavy atom. The molecule has 1 heterocycles. The van der Waals surface area contributed by atoms with Crippen LogP contribution in [0.2, 0.25) is 0 Å². The SMILES string of the molecule is COc1cc2c(cc1OC)C(COc1cc(C)cc(C)c1)NCC2. The highest BCUT2D eigenvalue weighted by atomic mass is 16.5. The van der Waals surface area contributed by atoms with E-state index in [-0.39, 0.29) is 6.04 Å². The summed E-state index contributed by atoms with van der Waals surface area (Å²) in [6, 6.07) is 10.6. The molecule has 0 bridgehead atoms. The molecule has 1 atom stereocenters. The summed E-state index contributed by atoms with van der Waals surface area (Å²) in [5.41, 5.74) is 4.95. The first kappa shape index (κ1) is 16.7. The smallest absolute Gasteiger partial charge is 0.161 e. The van der Waals surface area contributed by atoms with E-state index in [9.17, 15) is 0 Å². The number of rotatable bonds is 5. The predicted octanol–water partition coefficient (Wildman–Crippen LogP) is 3.59. The van der Waals surface area contributed by atoms with Crippen LogP contribution in [0.25, 0.3) is 0 Å². The van der Waals surface area contributed by atoms with Crippen LogP contribution in [0.5, 0.6) is 17.2 Å². The van der Waals surface area contributed by atoms with Gasteiger partial charge in [-0.3, -0.25) is 0 Å². The topological polar surface area (TPSA) is 39.7 Å². The molecule has 0 saturated heterocycles. The number of hydrogen-bond acceptors (Lipinski definition) is 4. The van der Waals surface area contributed by atoms with Crippen LogP contribution >= 0.6 is 0 Å². The first-order valence-corrected chi connectivity index (χ1v) is 8.30. The van der Waals surface area contributed by atoms with Gasteiger partial charge in [-0.15, -0.1) is 0 Å². The van der Waals surface area contributed by atoms with Crippen LogP contribution in [-0.2, 0) is 6.42 Å². The van der Waals surface area contributed by atoms with Crippen molar-refractivity contribution in [3.05, 3.63) is 52.6 Å². The first-order valence-electron chi connectivity index (χ1n) is 8.30. The second kappa shape index (κ2) is 7.14. The van der Waals surface area contributed by atoms with Gasteiger partial charge >= 0.3 is 0 Å². The lowest BCUT2D eigenvalue weighted by molar-refractivity contribution is 0.260. The molecule has 24 heavy (non-hydrogen) atoms. The lowest BCUT2D eigenvalue weighted by atomic mass is 9.94. The summed E-state index contributed by atoms with van der Waals surface area (Å²) in [4.78, 5) is 0. The Labute approximate surface area is 143 Å². The Morgan fingerprint density at radius 2 is 1.62 bits per heavy atom. The van der Waals surface area contributed by atoms with Crippen LogP contribution < -0.4 is 19.5 Å². The molecule has 1 unspecified atom stereocenters. The standard InChI is InChI=1S/C20H25NO3/c1-13-7-14(2)9-16(8-13)24-12-18-17-11-20(23-4)19(22-3)10-15(17)5-6-21-18/h7-11,18,21H,5-6,12H2,1-4H3. The second-order valence-corrected chi connectivity index (χ2v) is 6.30. The van der Waals surface area contributed by atoms with Gasteiger partial charge in [0.05, 0.1) is 20.3 Å². The summed E-state index contributed by atoms with van der Waals surface area (Å²) < 4.78 is 16.9. The van der Waals surface area contributed by atoms with Crippen LogP contribution in [-0.4, -0.2) is 27.4 Å². The molecule has 0 amide bonds. The summed E-state index contributed by atoms with van der Waals surface area (Å²) >= 11 is 0. The fraction of sp³-hybridized carbons (Fsp3) is 0.400. The van der Waals surface area contributed by atoms with Crippen molar-refractivity contribution in [2.75, 3.05) is 27.4 Å². The minimum Gasteiger partial charge on any atom is -0.493 e. The molecule has 0 spiro atoms. The minimum atomic E-state index is 0.148. The normalized spacial score (nSPS) is 16.4. The van der Waals surface area contributed by atoms with Crippen molar-refractivity contribution >= 4 is 0 Å². The fourth-order valence-corrected chi connectivity index (χ4v) is 3.31. The molecule has 4 nitrogen and oxygen atoms in total. The maximum atomic E-state index is 6.06. The molecular formula is C20H25NO3. The number of aryl methyl sites for hydroxylation is 2. The number of methoxy groups -OCH3 is 2. The van der Waals surface area contributed by atoms with E-state index in [1.807, 2.05) is 0 Å². The van der Waals surface area contributed by atoms with Gasteiger partial charge in [0.1, 0.15) is 12.4 Å². The molecule has 0 radical (unpaired) electrons. The van der Waals surface area contributed by atoms with E-state index in [2.05, 4.69) is 49.5 Å². The van der Waals surface area contributed by atoms with Gasteiger partial charge in [0.25, 0.3) is 0 Å². The number of ether oxygens (including phenoxy) is 3. The molecule has 2 aromatic rings. The van der Waals surface area contributed by atoms with Crippen molar-refractivity contribution in [1.29, 1.82) is 0 Å². The quantitative estimate of drug-likeness (QED) is 0.911. The van der Waals surface area contributed by atoms with E-state index in [1.54, 1.807) is 14.2 Å². The zero-order valence-corrected chi connectivity index (χ0v) is 14.8. The highest BCUT2D eigenvalue weighted by molar-refractivity contribution is 5.49. The molecular weight excluding hydrogens is 302 g/mol. The Hall–Kier alpha value is -2.20. The monoisotopic (exact) mass is 327 g/mol. The molecule has 128 valence electrons.